The average molecular weight is 319 g/mol. The number of nitrogens with one attached hydrogen (secondary N) is 1. The fourth-order valence-corrected chi connectivity index (χ4v) is 4.45. The molecule has 0 spiro atoms. The van der Waals surface area contributed by atoms with Crippen molar-refractivity contribution in [3.63, 3.8) is 0 Å². The SMILES string of the molecule is Cc1cc(C(=O)NC2CCS(=O)(=O)c3ccccc32)c(C)o1. The second-order valence-corrected chi connectivity index (χ2v) is 7.58. The van der Waals surface area contributed by atoms with Crippen molar-refractivity contribution in [3.05, 3.63) is 53.0 Å². The molecule has 6 heteroatoms. The number of sulfone groups is 1. The molecule has 0 saturated carbocycles. The van der Waals surface area contributed by atoms with Crippen LogP contribution in [0.4, 0.5) is 0 Å². The number of fused-ring (bicyclic) bond motifs is 1. The summed E-state index contributed by atoms with van der Waals surface area (Å²) in [6.45, 7) is 3.52. The maximum atomic E-state index is 12.4. The van der Waals surface area contributed by atoms with Crippen molar-refractivity contribution in [3.8, 4) is 0 Å². The van der Waals surface area contributed by atoms with Gasteiger partial charge < -0.3 is 9.73 Å². The Morgan fingerprint density at radius 2 is 2.00 bits per heavy atom. The van der Waals surface area contributed by atoms with E-state index in [0.29, 0.717) is 34.0 Å². The third-order valence-corrected chi connectivity index (χ3v) is 5.71. The number of carbonyl (C=O) groups excluding carboxylic acids is 1. The predicted molar refractivity (Wildman–Crippen MR) is 81.5 cm³/mol. The fourth-order valence-electron chi connectivity index (χ4n) is 2.83. The minimum Gasteiger partial charge on any atom is -0.466 e. The fraction of sp³-hybridized carbons (Fsp3) is 0.312. The standard InChI is InChI=1S/C16H17NO4S/c1-10-9-13(11(2)21-10)16(18)17-14-7-8-22(19,20)15-6-4-3-5-12(14)15/h3-6,9,14H,7-8H2,1-2H3,(H,17,18). The van der Waals surface area contributed by atoms with Crippen molar-refractivity contribution in [1.29, 1.82) is 0 Å². The number of carbonyl (C=O) groups is 1. The van der Waals surface area contributed by atoms with Gasteiger partial charge in [0.2, 0.25) is 0 Å². The van der Waals surface area contributed by atoms with Gasteiger partial charge in [-0.25, -0.2) is 8.42 Å². The zero-order valence-electron chi connectivity index (χ0n) is 12.4. The first-order valence-corrected chi connectivity index (χ1v) is 8.73. The van der Waals surface area contributed by atoms with Crippen LogP contribution in [0.15, 0.2) is 39.6 Å². The smallest absolute Gasteiger partial charge is 0.255 e. The lowest BCUT2D eigenvalue weighted by molar-refractivity contribution is 0.0933. The van der Waals surface area contributed by atoms with E-state index in [1.54, 1.807) is 44.2 Å². The summed E-state index contributed by atoms with van der Waals surface area (Å²) in [7, 11) is -3.25. The Morgan fingerprint density at radius 1 is 1.27 bits per heavy atom. The van der Waals surface area contributed by atoms with Crippen LogP contribution < -0.4 is 5.32 Å². The van der Waals surface area contributed by atoms with Gasteiger partial charge in [-0.15, -0.1) is 0 Å². The van der Waals surface area contributed by atoms with Crippen LogP contribution >= 0.6 is 0 Å². The molecule has 3 rings (SSSR count). The molecule has 116 valence electrons. The lowest BCUT2D eigenvalue weighted by Crippen LogP contribution is -2.34. The third-order valence-electron chi connectivity index (χ3n) is 3.90. The maximum Gasteiger partial charge on any atom is 0.255 e. The van der Waals surface area contributed by atoms with Gasteiger partial charge in [0.1, 0.15) is 11.5 Å². The van der Waals surface area contributed by atoms with E-state index in [9.17, 15) is 13.2 Å². The van der Waals surface area contributed by atoms with Gasteiger partial charge in [-0.05, 0) is 38.0 Å². The van der Waals surface area contributed by atoms with Gasteiger partial charge in [0.25, 0.3) is 5.91 Å². The van der Waals surface area contributed by atoms with Crippen molar-refractivity contribution in [1.82, 2.24) is 5.32 Å². The molecular weight excluding hydrogens is 302 g/mol. The molecule has 1 atom stereocenters. The van der Waals surface area contributed by atoms with Crippen molar-refractivity contribution in [2.45, 2.75) is 31.2 Å². The molecule has 0 saturated heterocycles. The highest BCUT2D eigenvalue weighted by atomic mass is 32.2. The quantitative estimate of drug-likeness (QED) is 0.923. The molecule has 5 nitrogen and oxygen atoms in total. The molecule has 0 bridgehead atoms. The summed E-state index contributed by atoms with van der Waals surface area (Å²) in [6, 6.07) is 8.22. The molecule has 2 heterocycles. The Kier molecular flexibility index (Phi) is 3.56. The molecule has 1 aromatic carbocycles. The number of hydrogen-bond acceptors (Lipinski definition) is 4. The van der Waals surface area contributed by atoms with Crippen molar-refractivity contribution >= 4 is 15.7 Å². The highest BCUT2D eigenvalue weighted by Crippen LogP contribution is 2.32. The summed E-state index contributed by atoms with van der Waals surface area (Å²) < 4.78 is 29.6. The summed E-state index contributed by atoms with van der Waals surface area (Å²) in [6.07, 6.45) is 0.376. The van der Waals surface area contributed by atoms with Crippen LogP contribution in [0.3, 0.4) is 0 Å². The molecule has 1 unspecified atom stereocenters. The third kappa shape index (κ3) is 2.54. The Balaban J connectivity index is 1.91. The van der Waals surface area contributed by atoms with Crippen LogP contribution in [0.25, 0.3) is 0 Å². The Hall–Kier alpha value is -2.08. The largest absolute Gasteiger partial charge is 0.466 e. The molecular formula is C16H17NO4S. The van der Waals surface area contributed by atoms with Gasteiger partial charge in [-0.3, -0.25) is 4.79 Å². The second kappa shape index (κ2) is 5.28. The Morgan fingerprint density at radius 3 is 2.68 bits per heavy atom. The van der Waals surface area contributed by atoms with E-state index in [4.69, 9.17) is 4.42 Å². The lowest BCUT2D eigenvalue weighted by atomic mass is 10.0. The van der Waals surface area contributed by atoms with Gasteiger partial charge in [0.05, 0.1) is 22.3 Å². The average Bonchev–Trinajstić information content (AvgIpc) is 2.81. The zero-order chi connectivity index (χ0) is 15.9. The minimum atomic E-state index is -3.25. The normalized spacial score (nSPS) is 19.5. The molecule has 1 aromatic heterocycles. The van der Waals surface area contributed by atoms with Crippen molar-refractivity contribution in [2.24, 2.45) is 0 Å². The van der Waals surface area contributed by atoms with Gasteiger partial charge in [-0.2, -0.15) is 0 Å². The lowest BCUT2D eigenvalue weighted by Gasteiger charge is -2.26. The molecule has 1 aliphatic heterocycles. The van der Waals surface area contributed by atoms with E-state index in [2.05, 4.69) is 5.32 Å². The summed E-state index contributed by atoms with van der Waals surface area (Å²) in [5.74, 6) is 1.03. The summed E-state index contributed by atoms with van der Waals surface area (Å²) in [4.78, 5) is 12.7. The van der Waals surface area contributed by atoms with E-state index in [1.165, 1.54) is 0 Å². The van der Waals surface area contributed by atoms with E-state index in [-0.39, 0.29) is 17.7 Å². The van der Waals surface area contributed by atoms with Gasteiger partial charge in [0.15, 0.2) is 9.84 Å². The van der Waals surface area contributed by atoms with E-state index in [1.807, 2.05) is 0 Å². The molecule has 0 radical (unpaired) electrons. The first kappa shape index (κ1) is 14.8. The Bertz CT molecular complexity index is 836. The van der Waals surface area contributed by atoms with E-state index >= 15 is 0 Å². The molecule has 1 aliphatic rings. The summed E-state index contributed by atoms with van der Waals surface area (Å²) in [5, 5.41) is 2.92. The summed E-state index contributed by atoms with van der Waals surface area (Å²) >= 11 is 0. The summed E-state index contributed by atoms with van der Waals surface area (Å²) in [5.41, 5.74) is 1.14. The van der Waals surface area contributed by atoms with Crippen LogP contribution in [-0.2, 0) is 9.84 Å². The second-order valence-electron chi connectivity index (χ2n) is 5.50. The topological polar surface area (TPSA) is 76.4 Å². The number of benzene rings is 1. The van der Waals surface area contributed by atoms with Crippen LogP contribution in [0, 0.1) is 13.8 Å². The highest BCUT2D eigenvalue weighted by molar-refractivity contribution is 7.91. The highest BCUT2D eigenvalue weighted by Gasteiger charge is 2.31. The molecule has 1 N–H and O–H groups in total. The Labute approximate surface area is 129 Å². The van der Waals surface area contributed by atoms with Crippen LogP contribution in [-0.4, -0.2) is 20.1 Å². The van der Waals surface area contributed by atoms with Gasteiger partial charge in [0, 0.05) is 0 Å². The molecule has 0 fully saturated rings. The number of hydrogen-bond donors (Lipinski definition) is 1. The first-order chi connectivity index (χ1) is 10.4. The van der Waals surface area contributed by atoms with Crippen LogP contribution in [0.1, 0.15) is 39.9 Å². The zero-order valence-corrected chi connectivity index (χ0v) is 13.2. The molecule has 1 amide bonds. The maximum absolute atomic E-state index is 12.4. The van der Waals surface area contributed by atoms with Gasteiger partial charge in [-0.1, -0.05) is 18.2 Å². The molecule has 22 heavy (non-hydrogen) atoms. The van der Waals surface area contributed by atoms with E-state index in [0.717, 1.165) is 0 Å². The van der Waals surface area contributed by atoms with E-state index < -0.39 is 9.84 Å². The number of aryl methyl sites for hydroxylation is 2. The number of rotatable bonds is 2. The first-order valence-electron chi connectivity index (χ1n) is 7.08. The molecule has 0 aliphatic carbocycles. The van der Waals surface area contributed by atoms with Crippen molar-refractivity contribution < 1.29 is 17.6 Å². The van der Waals surface area contributed by atoms with Crippen LogP contribution in [0.5, 0.6) is 0 Å². The predicted octanol–water partition coefficient (Wildman–Crippen LogP) is 2.54. The van der Waals surface area contributed by atoms with Crippen molar-refractivity contribution in [2.75, 3.05) is 5.75 Å². The monoisotopic (exact) mass is 319 g/mol. The number of furan rings is 1. The minimum absolute atomic E-state index is 0.0400. The van der Waals surface area contributed by atoms with Crippen LogP contribution in [0.2, 0.25) is 0 Å². The number of amides is 1. The molecule has 2 aromatic rings. The van der Waals surface area contributed by atoms with Gasteiger partial charge >= 0.3 is 0 Å².